The lowest BCUT2D eigenvalue weighted by Gasteiger charge is -2.18. The van der Waals surface area contributed by atoms with Crippen LogP contribution in [0.5, 0.6) is 0 Å². The molecule has 0 saturated heterocycles. The van der Waals surface area contributed by atoms with Crippen molar-refractivity contribution in [1.82, 2.24) is 14.6 Å². The van der Waals surface area contributed by atoms with Crippen molar-refractivity contribution < 1.29 is 0 Å². The van der Waals surface area contributed by atoms with Crippen molar-refractivity contribution in [1.29, 1.82) is 5.26 Å². The number of aromatic nitrogens is 3. The van der Waals surface area contributed by atoms with E-state index in [1.807, 2.05) is 26.8 Å². The lowest BCUT2D eigenvalue weighted by Crippen LogP contribution is -2.26. The monoisotopic (exact) mass is 243 g/mol. The van der Waals surface area contributed by atoms with Gasteiger partial charge in [0.05, 0.1) is 5.56 Å². The second-order valence-electron chi connectivity index (χ2n) is 5.25. The minimum Gasteiger partial charge on any atom is -0.348 e. The van der Waals surface area contributed by atoms with Crippen LogP contribution < -0.4 is 5.32 Å². The Morgan fingerprint density at radius 3 is 2.67 bits per heavy atom. The van der Waals surface area contributed by atoms with Gasteiger partial charge in [0.1, 0.15) is 6.07 Å². The molecule has 0 atom stereocenters. The van der Waals surface area contributed by atoms with Crippen LogP contribution in [0.3, 0.4) is 0 Å². The van der Waals surface area contributed by atoms with E-state index in [4.69, 9.17) is 5.26 Å². The van der Waals surface area contributed by atoms with Gasteiger partial charge < -0.3 is 5.32 Å². The molecule has 0 aliphatic rings. The third-order valence-electron chi connectivity index (χ3n) is 2.53. The van der Waals surface area contributed by atoms with Crippen molar-refractivity contribution in [3.8, 4) is 6.07 Å². The number of fused-ring (bicyclic) bond motifs is 1. The normalized spacial score (nSPS) is 11.5. The first kappa shape index (κ1) is 12.4. The summed E-state index contributed by atoms with van der Waals surface area (Å²) in [5, 5.41) is 16.7. The zero-order valence-corrected chi connectivity index (χ0v) is 11.2. The van der Waals surface area contributed by atoms with Gasteiger partial charge in [-0.3, -0.25) is 0 Å². The number of nitriles is 1. The molecule has 2 rings (SSSR count). The quantitative estimate of drug-likeness (QED) is 0.879. The highest BCUT2D eigenvalue weighted by Gasteiger charge is 2.15. The number of nitrogens with one attached hydrogen (secondary N) is 1. The van der Waals surface area contributed by atoms with Crippen LogP contribution in [-0.2, 0) is 6.42 Å². The maximum atomic E-state index is 9.09. The highest BCUT2D eigenvalue weighted by molar-refractivity contribution is 5.58. The van der Waals surface area contributed by atoms with E-state index < -0.39 is 0 Å². The number of hydrogen-bond donors (Lipinski definition) is 1. The van der Waals surface area contributed by atoms with Crippen molar-refractivity contribution in [2.24, 2.45) is 0 Å². The highest BCUT2D eigenvalue weighted by Crippen LogP contribution is 2.16. The van der Waals surface area contributed by atoms with E-state index in [9.17, 15) is 0 Å². The topological polar surface area (TPSA) is 66.0 Å². The molecule has 18 heavy (non-hydrogen) atoms. The lowest BCUT2D eigenvalue weighted by atomic mass is 10.1. The molecular weight excluding hydrogens is 226 g/mol. The van der Waals surface area contributed by atoms with Gasteiger partial charge in [0.2, 0.25) is 5.95 Å². The number of rotatable bonds is 2. The third-order valence-corrected chi connectivity index (χ3v) is 2.53. The first-order chi connectivity index (χ1) is 8.44. The Kier molecular flexibility index (Phi) is 2.95. The summed E-state index contributed by atoms with van der Waals surface area (Å²) in [7, 11) is 0. The second kappa shape index (κ2) is 4.30. The largest absolute Gasteiger partial charge is 0.348 e. The highest BCUT2D eigenvalue weighted by atomic mass is 15.4. The van der Waals surface area contributed by atoms with Crippen LogP contribution in [0.2, 0.25) is 0 Å². The van der Waals surface area contributed by atoms with Gasteiger partial charge in [-0.1, -0.05) is 6.92 Å². The zero-order chi connectivity index (χ0) is 13.3. The Hall–Kier alpha value is -2.09. The van der Waals surface area contributed by atoms with Crippen molar-refractivity contribution >= 4 is 11.6 Å². The van der Waals surface area contributed by atoms with Gasteiger partial charge in [0, 0.05) is 11.2 Å². The number of hydrogen-bond acceptors (Lipinski definition) is 4. The molecular formula is C13H17N5. The molecule has 0 aliphatic heterocycles. The molecule has 0 aliphatic carbocycles. The molecule has 5 nitrogen and oxygen atoms in total. The average molecular weight is 243 g/mol. The fourth-order valence-electron chi connectivity index (χ4n) is 1.75. The molecule has 2 aromatic rings. The Labute approximate surface area is 106 Å². The van der Waals surface area contributed by atoms with E-state index in [1.165, 1.54) is 0 Å². The van der Waals surface area contributed by atoms with E-state index >= 15 is 0 Å². The van der Waals surface area contributed by atoms with E-state index in [0.29, 0.717) is 17.2 Å². The van der Waals surface area contributed by atoms with Gasteiger partial charge in [0.25, 0.3) is 0 Å². The summed E-state index contributed by atoms with van der Waals surface area (Å²) in [4.78, 5) is 4.40. The summed E-state index contributed by atoms with van der Waals surface area (Å²) >= 11 is 0. The predicted molar refractivity (Wildman–Crippen MR) is 70.5 cm³/mol. The predicted octanol–water partition coefficient (Wildman–Crippen LogP) is 2.37. The van der Waals surface area contributed by atoms with E-state index in [1.54, 1.807) is 10.6 Å². The third kappa shape index (κ3) is 2.28. The molecule has 0 spiro atoms. The van der Waals surface area contributed by atoms with Crippen LogP contribution >= 0.6 is 0 Å². The molecule has 94 valence electrons. The van der Waals surface area contributed by atoms with Crippen LogP contribution in [0.4, 0.5) is 5.95 Å². The Morgan fingerprint density at radius 1 is 1.39 bits per heavy atom. The second-order valence-corrected chi connectivity index (χ2v) is 5.25. The van der Waals surface area contributed by atoms with Crippen LogP contribution in [0.25, 0.3) is 5.65 Å². The molecule has 2 heterocycles. The number of pyridine rings is 1. The molecule has 1 N–H and O–H groups in total. The minimum atomic E-state index is -0.107. The van der Waals surface area contributed by atoms with Crippen LogP contribution in [-0.4, -0.2) is 20.1 Å². The SMILES string of the molecule is CCc1ccc(C#N)c2nc(NC(C)(C)C)nn12. The number of nitrogens with zero attached hydrogens (tertiary/aromatic N) is 4. The van der Waals surface area contributed by atoms with Gasteiger partial charge in [-0.05, 0) is 39.3 Å². The Bertz CT molecular complexity index is 613. The maximum Gasteiger partial charge on any atom is 0.243 e. The summed E-state index contributed by atoms with van der Waals surface area (Å²) in [6.07, 6.45) is 0.848. The summed E-state index contributed by atoms with van der Waals surface area (Å²) in [6, 6.07) is 5.86. The first-order valence-electron chi connectivity index (χ1n) is 6.01. The fourth-order valence-corrected chi connectivity index (χ4v) is 1.75. The molecule has 0 unspecified atom stereocenters. The number of aryl methyl sites for hydroxylation is 1. The van der Waals surface area contributed by atoms with Crippen molar-refractivity contribution in [3.05, 3.63) is 23.4 Å². The number of anilines is 1. The van der Waals surface area contributed by atoms with Crippen LogP contribution in [0.15, 0.2) is 12.1 Å². The van der Waals surface area contributed by atoms with Crippen LogP contribution in [0, 0.1) is 11.3 Å². The van der Waals surface area contributed by atoms with Gasteiger partial charge in [0.15, 0.2) is 5.65 Å². The van der Waals surface area contributed by atoms with Gasteiger partial charge in [-0.25, -0.2) is 4.52 Å². The summed E-state index contributed by atoms with van der Waals surface area (Å²) < 4.78 is 1.74. The smallest absolute Gasteiger partial charge is 0.243 e. The summed E-state index contributed by atoms with van der Waals surface area (Å²) in [6.45, 7) is 8.19. The summed E-state index contributed by atoms with van der Waals surface area (Å²) in [5.74, 6) is 0.555. The van der Waals surface area contributed by atoms with Gasteiger partial charge in [-0.15, -0.1) is 5.10 Å². The van der Waals surface area contributed by atoms with Crippen molar-refractivity contribution in [2.45, 2.75) is 39.7 Å². The van der Waals surface area contributed by atoms with Crippen LogP contribution in [0.1, 0.15) is 39.0 Å². The molecule has 0 bridgehead atoms. The van der Waals surface area contributed by atoms with E-state index in [-0.39, 0.29) is 5.54 Å². The maximum absolute atomic E-state index is 9.09. The summed E-state index contributed by atoms with van der Waals surface area (Å²) in [5.41, 5.74) is 2.09. The molecule has 0 amide bonds. The van der Waals surface area contributed by atoms with Crippen molar-refractivity contribution in [3.63, 3.8) is 0 Å². The van der Waals surface area contributed by atoms with E-state index in [2.05, 4.69) is 28.4 Å². The fraction of sp³-hybridized carbons (Fsp3) is 0.462. The lowest BCUT2D eigenvalue weighted by molar-refractivity contribution is 0.625. The van der Waals surface area contributed by atoms with Gasteiger partial charge in [-0.2, -0.15) is 10.2 Å². The zero-order valence-electron chi connectivity index (χ0n) is 11.2. The molecule has 0 fully saturated rings. The standard InChI is InChI=1S/C13H17N5/c1-5-10-7-6-9(8-14)11-15-12(17-18(10)11)16-13(2,3)4/h6-7H,5H2,1-4H3,(H,16,17). The molecule has 0 radical (unpaired) electrons. The minimum absolute atomic E-state index is 0.107. The molecule has 0 saturated carbocycles. The Morgan fingerprint density at radius 2 is 2.11 bits per heavy atom. The van der Waals surface area contributed by atoms with Crippen molar-refractivity contribution in [2.75, 3.05) is 5.32 Å². The molecule has 0 aromatic carbocycles. The average Bonchev–Trinajstić information content (AvgIpc) is 2.68. The first-order valence-corrected chi connectivity index (χ1v) is 6.01. The molecule has 2 aromatic heterocycles. The Balaban J connectivity index is 2.59. The van der Waals surface area contributed by atoms with Gasteiger partial charge >= 0.3 is 0 Å². The molecule has 5 heteroatoms. The van der Waals surface area contributed by atoms with E-state index in [0.717, 1.165) is 12.1 Å².